The third-order valence-electron chi connectivity index (χ3n) is 3.01. The van der Waals surface area contributed by atoms with Gasteiger partial charge in [0.1, 0.15) is 5.76 Å². The van der Waals surface area contributed by atoms with Crippen LogP contribution < -0.4 is 10.6 Å². The predicted octanol–water partition coefficient (Wildman–Crippen LogP) is 2.56. The average molecular weight is 331 g/mol. The Kier molecular flexibility index (Phi) is 4.24. The molecule has 3 heterocycles. The van der Waals surface area contributed by atoms with Crippen LogP contribution in [0.2, 0.25) is 0 Å². The molecule has 8 heteroatoms. The number of amides is 2. The Hall–Kier alpha value is -2.87. The van der Waals surface area contributed by atoms with E-state index in [4.69, 9.17) is 8.94 Å². The number of furan rings is 1. The first-order chi connectivity index (χ1) is 11.1. The summed E-state index contributed by atoms with van der Waals surface area (Å²) in [4.78, 5) is 24.4. The molecule has 2 N–H and O–H groups in total. The normalized spacial score (nSPS) is 10.5. The highest BCUT2D eigenvalue weighted by Crippen LogP contribution is 2.25. The van der Waals surface area contributed by atoms with E-state index in [0.717, 1.165) is 16.0 Å². The maximum Gasteiger partial charge on any atom is 0.314 e. The van der Waals surface area contributed by atoms with E-state index in [1.165, 1.54) is 17.4 Å². The van der Waals surface area contributed by atoms with E-state index in [0.29, 0.717) is 5.76 Å². The van der Waals surface area contributed by atoms with E-state index < -0.39 is 11.8 Å². The smallest absolute Gasteiger partial charge is 0.314 e. The van der Waals surface area contributed by atoms with Crippen LogP contribution in [0, 0.1) is 6.92 Å². The standard InChI is InChI=1S/C15H13N3O4S/c1-9-4-13(18-22-9)17-15(20)14(19)16-6-12-5-11(8-23-12)10-2-3-21-7-10/h2-5,7-8H,6H2,1H3,(H,16,19)(H,17,18,20). The highest BCUT2D eigenvalue weighted by atomic mass is 32.1. The highest BCUT2D eigenvalue weighted by molar-refractivity contribution is 7.10. The van der Waals surface area contributed by atoms with Gasteiger partial charge in [-0.3, -0.25) is 14.9 Å². The zero-order chi connectivity index (χ0) is 16.2. The molecule has 0 unspecified atom stereocenters. The second-order valence-electron chi connectivity index (χ2n) is 4.77. The van der Waals surface area contributed by atoms with Crippen LogP contribution in [0.1, 0.15) is 10.6 Å². The zero-order valence-corrected chi connectivity index (χ0v) is 13.0. The molecule has 3 aromatic heterocycles. The Morgan fingerprint density at radius 2 is 2.13 bits per heavy atom. The van der Waals surface area contributed by atoms with Crippen LogP contribution in [-0.4, -0.2) is 17.0 Å². The molecule has 23 heavy (non-hydrogen) atoms. The van der Waals surface area contributed by atoms with Gasteiger partial charge in [0.05, 0.1) is 19.1 Å². The molecule has 0 aliphatic rings. The van der Waals surface area contributed by atoms with Crippen molar-refractivity contribution in [2.75, 3.05) is 5.32 Å². The number of anilines is 1. The first-order valence-electron chi connectivity index (χ1n) is 6.74. The summed E-state index contributed by atoms with van der Waals surface area (Å²) in [5.74, 6) is -0.763. The molecule has 0 fully saturated rings. The van der Waals surface area contributed by atoms with E-state index in [2.05, 4.69) is 15.8 Å². The second-order valence-corrected chi connectivity index (χ2v) is 5.77. The van der Waals surface area contributed by atoms with Gasteiger partial charge >= 0.3 is 11.8 Å². The van der Waals surface area contributed by atoms with Crippen molar-refractivity contribution in [1.82, 2.24) is 10.5 Å². The Bertz CT molecular complexity index is 820. The lowest BCUT2D eigenvalue weighted by Crippen LogP contribution is -2.34. The molecule has 0 atom stereocenters. The number of carbonyl (C=O) groups is 2. The van der Waals surface area contributed by atoms with Crippen LogP contribution in [0.5, 0.6) is 0 Å². The number of rotatable bonds is 4. The maximum atomic E-state index is 11.8. The Balaban J connectivity index is 1.53. The summed E-state index contributed by atoms with van der Waals surface area (Å²) < 4.78 is 9.84. The molecule has 0 aromatic carbocycles. The van der Waals surface area contributed by atoms with Crippen LogP contribution in [-0.2, 0) is 16.1 Å². The molecule has 3 aromatic rings. The molecular formula is C15H13N3O4S. The lowest BCUT2D eigenvalue weighted by Gasteiger charge is -2.02. The summed E-state index contributed by atoms with van der Waals surface area (Å²) in [7, 11) is 0. The summed E-state index contributed by atoms with van der Waals surface area (Å²) in [6, 6.07) is 5.33. The maximum absolute atomic E-state index is 11.8. The van der Waals surface area contributed by atoms with Gasteiger partial charge in [-0.1, -0.05) is 5.16 Å². The van der Waals surface area contributed by atoms with Crippen LogP contribution in [0.15, 0.2) is 45.0 Å². The number of nitrogens with one attached hydrogen (secondary N) is 2. The molecule has 0 aliphatic heterocycles. The van der Waals surface area contributed by atoms with E-state index in [1.54, 1.807) is 19.5 Å². The van der Waals surface area contributed by atoms with Crippen LogP contribution in [0.4, 0.5) is 5.82 Å². The monoisotopic (exact) mass is 331 g/mol. The molecular weight excluding hydrogens is 318 g/mol. The number of aromatic nitrogens is 1. The first-order valence-corrected chi connectivity index (χ1v) is 7.62. The average Bonchev–Trinajstić information content (AvgIpc) is 3.26. The number of hydrogen-bond acceptors (Lipinski definition) is 6. The van der Waals surface area contributed by atoms with Gasteiger partial charge < -0.3 is 14.3 Å². The molecule has 0 radical (unpaired) electrons. The van der Waals surface area contributed by atoms with E-state index >= 15 is 0 Å². The highest BCUT2D eigenvalue weighted by Gasteiger charge is 2.15. The van der Waals surface area contributed by atoms with Crippen molar-refractivity contribution in [3.63, 3.8) is 0 Å². The SMILES string of the molecule is Cc1cc(NC(=O)C(=O)NCc2cc(-c3ccoc3)cs2)no1. The molecule has 0 saturated carbocycles. The molecule has 0 saturated heterocycles. The summed E-state index contributed by atoms with van der Waals surface area (Å²) >= 11 is 1.49. The Labute approximate surface area is 135 Å². The van der Waals surface area contributed by atoms with Gasteiger partial charge in [0, 0.05) is 16.5 Å². The van der Waals surface area contributed by atoms with E-state index in [9.17, 15) is 9.59 Å². The topological polar surface area (TPSA) is 97.4 Å². The first kappa shape index (κ1) is 15.0. The fourth-order valence-electron chi connectivity index (χ4n) is 1.90. The number of carbonyl (C=O) groups excluding carboxylic acids is 2. The number of thiophene rings is 1. The molecule has 2 amide bonds. The van der Waals surface area contributed by atoms with E-state index in [-0.39, 0.29) is 12.4 Å². The molecule has 3 rings (SSSR count). The van der Waals surface area contributed by atoms with Crippen LogP contribution in [0.25, 0.3) is 11.1 Å². The second kappa shape index (κ2) is 6.49. The van der Waals surface area contributed by atoms with Crippen molar-refractivity contribution in [2.24, 2.45) is 0 Å². The predicted molar refractivity (Wildman–Crippen MR) is 83.7 cm³/mol. The van der Waals surface area contributed by atoms with Gasteiger partial charge in [-0.25, -0.2) is 0 Å². The number of hydrogen-bond donors (Lipinski definition) is 2. The minimum atomic E-state index is -0.787. The van der Waals surface area contributed by atoms with Crippen molar-refractivity contribution in [3.8, 4) is 11.1 Å². The molecule has 0 bridgehead atoms. The summed E-state index contributed by atoms with van der Waals surface area (Å²) in [5.41, 5.74) is 1.98. The fraction of sp³-hybridized carbons (Fsp3) is 0.133. The molecule has 7 nitrogen and oxygen atoms in total. The summed E-state index contributed by atoms with van der Waals surface area (Å²) in [6.45, 7) is 1.96. The van der Waals surface area contributed by atoms with Crippen molar-refractivity contribution < 1.29 is 18.5 Å². The molecule has 0 spiro atoms. The molecule has 0 aliphatic carbocycles. The van der Waals surface area contributed by atoms with Gasteiger partial charge in [0.2, 0.25) is 0 Å². The molecule has 118 valence electrons. The third-order valence-corrected chi connectivity index (χ3v) is 3.94. The zero-order valence-electron chi connectivity index (χ0n) is 12.2. The van der Waals surface area contributed by atoms with Crippen LogP contribution >= 0.6 is 11.3 Å². The number of aryl methyl sites for hydroxylation is 1. The Morgan fingerprint density at radius 1 is 1.26 bits per heavy atom. The van der Waals surface area contributed by atoms with Gasteiger partial charge in [-0.05, 0) is 30.0 Å². The van der Waals surface area contributed by atoms with Gasteiger partial charge in [0.15, 0.2) is 5.82 Å². The quantitative estimate of drug-likeness (QED) is 0.716. The minimum absolute atomic E-state index is 0.209. The van der Waals surface area contributed by atoms with Crippen LogP contribution in [0.3, 0.4) is 0 Å². The van der Waals surface area contributed by atoms with Gasteiger partial charge in [-0.2, -0.15) is 0 Å². The largest absolute Gasteiger partial charge is 0.472 e. The lowest BCUT2D eigenvalue weighted by molar-refractivity contribution is -0.136. The van der Waals surface area contributed by atoms with Crippen molar-refractivity contribution in [1.29, 1.82) is 0 Å². The number of nitrogens with zero attached hydrogens (tertiary/aromatic N) is 1. The van der Waals surface area contributed by atoms with Crippen molar-refractivity contribution >= 4 is 29.0 Å². The Morgan fingerprint density at radius 3 is 2.83 bits per heavy atom. The lowest BCUT2D eigenvalue weighted by atomic mass is 10.2. The minimum Gasteiger partial charge on any atom is -0.472 e. The third kappa shape index (κ3) is 3.67. The van der Waals surface area contributed by atoms with Crippen molar-refractivity contribution in [2.45, 2.75) is 13.5 Å². The van der Waals surface area contributed by atoms with Crippen molar-refractivity contribution in [3.05, 3.63) is 46.7 Å². The summed E-state index contributed by atoms with van der Waals surface area (Å²) in [5, 5.41) is 10.5. The fourth-order valence-corrected chi connectivity index (χ4v) is 2.73. The van der Waals surface area contributed by atoms with Gasteiger partial charge in [0.25, 0.3) is 0 Å². The summed E-state index contributed by atoms with van der Waals surface area (Å²) in [6.07, 6.45) is 3.25. The van der Waals surface area contributed by atoms with Gasteiger partial charge in [-0.15, -0.1) is 11.3 Å². The van der Waals surface area contributed by atoms with E-state index in [1.807, 2.05) is 17.5 Å².